The summed E-state index contributed by atoms with van der Waals surface area (Å²) < 4.78 is 9.53. The summed E-state index contributed by atoms with van der Waals surface area (Å²) in [7, 11) is 3.40. The Kier molecular flexibility index (Phi) is 5.30. The quantitative estimate of drug-likeness (QED) is 0.588. The summed E-state index contributed by atoms with van der Waals surface area (Å²) in [5.74, 6) is 0.616. The van der Waals surface area contributed by atoms with E-state index in [1.54, 1.807) is 25.0 Å². The second-order valence-electron chi connectivity index (χ2n) is 5.97. The molecule has 0 saturated heterocycles. The van der Waals surface area contributed by atoms with Crippen LogP contribution in [0, 0.1) is 17.4 Å². The van der Waals surface area contributed by atoms with Crippen molar-refractivity contribution in [1.82, 2.24) is 19.6 Å². The van der Waals surface area contributed by atoms with Gasteiger partial charge in [0.2, 0.25) is 0 Å². The van der Waals surface area contributed by atoms with Gasteiger partial charge in [0.25, 0.3) is 5.91 Å². The molecule has 2 aromatic heterocycles. The second-order valence-corrected chi connectivity index (χ2v) is 7.14. The molecule has 0 unspecified atom stereocenters. The fourth-order valence-corrected chi connectivity index (χ4v) is 3.53. The van der Waals surface area contributed by atoms with Gasteiger partial charge in [-0.1, -0.05) is 12.1 Å². The molecule has 2 heterocycles. The number of aryl methyl sites for hydroxylation is 2. The van der Waals surface area contributed by atoms with Crippen LogP contribution in [0.15, 0.2) is 30.5 Å². The molecule has 0 aliphatic heterocycles. The summed E-state index contributed by atoms with van der Waals surface area (Å²) >= 11 is 2.11. The van der Waals surface area contributed by atoms with Crippen LogP contribution in [0.1, 0.15) is 27.4 Å². The Morgan fingerprint density at radius 3 is 2.77 bits per heavy atom. The average Bonchev–Trinajstić information content (AvgIpc) is 3.08. The molecule has 3 aromatic rings. The first-order chi connectivity index (χ1) is 12.4. The van der Waals surface area contributed by atoms with Crippen LogP contribution in [0.2, 0.25) is 0 Å². The van der Waals surface area contributed by atoms with Crippen LogP contribution in [0.3, 0.4) is 0 Å². The van der Waals surface area contributed by atoms with E-state index in [1.807, 2.05) is 42.8 Å². The molecule has 0 atom stereocenters. The van der Waals surface area contributed by atoms with E-state index in [4.69, 9.17) is 4.74 Å². The molecule has 3 rings (SSSR count). The van der Waals surface area contributed by atoms with E-state index >= 15 is 0 Å². The topological polar surface area (TPSA) is 74.0 Å². The summed E-state index contributed by atoms with van der Waals surface area (Å²) in [4.78, 5) is 12.6. The van der Waals surface area contributed by atoms with Gasteiger partial charge in [-0.3, -0.25) is 14.2 Å². The standard InChI is InChI=1S/C18H20IN5O2/c1-11-16(21-18(25)17-15(19)9-20-23(17)3)12(2)24(22-11)10-13-6-5-7-14(8-13)26-4/h5-9H,10H2,1-4H3,(H,21,25). The van der Waals surface area contributed by atoms with Crippen molar-refractivity contribution in [2.75, 3.05) is 12.4 Å². The number of hydrogen-bond acceptors (Lipinski definition) is 4. The number of carbonyl (C=O) groups is 1. The van der Waals surface area contributed by atoms with Gasteiger partial charge in [0.15, 0.2) is 0 Å². The van der Waals surface area contributed by atoms with Gasteiger partial charge in [0, 0.05) is 7.05 Å². The van der Waals surface area contributed by atoms with Gasteiger partial charge < -0.3 is 10.1 Å². The van der Waals surface area contributed by atoms with Gasteiger partial charge >= 0.3 is 0 Å². The summed E-state index contributed by atoms with van der Waals surface area (Å²) in [6, 6.07) is 7.86. The Morgan fingerprint density at radius 2 is 2.12 bits per heavy atom. The lowest BCUT2D eigenvalue weighted by Gasteiger charge is -2.09. The zero-order chi connectivity index (χ0) is 18.8. The third kappa shape index (κ3) is 3.59. The van der Waals surface area contributed by atoms with Gasteiger partial charge in [-0.2, -0.15) is 10.2 Å². The number of aromatic nitrogens is 4. The number of hydrogen-bond donors (Lipinski definition) is 1. The lowest BCUT2D eigenvalue weighted by Crippen LogP contribution is -2.18. The van der Waals surface area contributed by atoms with Crippen molar-refractivity contribution in [3.8, 4) is 5.75 Å². The van der Waals surface area contributed by atoms with Crippen LogP contribution in [-0.4, -0.2) is 32.6 Å². The SMILES string of the molecule is COc1cccc(Cn2nc(C)c(NC(=O)c3c(I)cnn3C)c2C)c1. The van der Waals surface area contributed by atoms with Crippen LogP contribution < -0.4 is 10.1 Å². The van der Waals surface area contributed by atoms with Crippen molar-refractivity contribution in [1.29, 1.82) is 0 Å². The molecule has 0 aliphatic carbocycles. The monoisotopic (exact) mass is 465 g/mol. The van der Waals surface area contributed by atoms with Crippen molar-refractivity contribution < 1.29 is 9.53 Å². The maximum absolute atomic E-state index is 12.6. The Morgan fingerprint density at radius 1 is 1.35 bits per heavy atom. The number of ether oxygens (including phenoxy) is 1. The average molecular weight is 465 g/mol. The van der Waals surface area contributed by atoms with E-state index in [1.165, 1.54) is 0 Å². The van der Waals surface area contributed by atoms with Crippen LogP contribution in [-0.2, 0) is 13.6 Å². The van der Waals surface area contributed by atoms with E-state index in [9.17, 15) is 4.79 Å². The number of halogens is 1. The third-order valence-electron chi connectivity index (χ3n) is 4.20. The van der Waals surface area contributed by atoms with Gasteiger partial charge in [-0.25, -0.2) is 0 Å². The summed E-state index contributed by atoms with van der Waals surface area (Å²) in [6.07, 6.45) is 1.67. The minimum atomic E-state index is -0.193. The number of anilines is 1. The third-order valence-corrected chi connectivity index (χ3v) is 4.99. The number of rotatable bonds is 5. The van der Waals surface area contributed by atoms with Crippen LogP contribution in [0.25, 0.3) is 0 Å². The Balaban J connectivity index is 1.85. The first-order valence-electron chi connectivity index (χ1n) is 8.06. The number of nitrogens with zero attached hydrogens (tertiary/aromatic N) is 4. The fourth-order valence-electron chi connectivity index (χ4n) is 2.81. The lowest BCUT2D eigenvalue weighted by atomic mass is 10.2. The normalized spacial score (nSPS) is 10.8. The maximum Gasteiger partial charge on any atom is 0.275 e. The minimum Gasteiger partial charge on any atom is -0.497 e. The fraction of sp³-hybridized carbons (Fsp3) is 0.278. The van der Waals surface area contributed by atoms with Crippen LogP contribution in [0.5, 0.6) is 5.75 Å². The van der Waals surface area contributed by atoms with Crippen molar-refractivity contribution in [2.24, 2.45) is 7.05 Å². The highest BCUT2D eigenvalue weighted by molar-refractivity contribution is 14.1. The largest absolute Gasteiger partial charge is 0.497 e. The molecule has 0 bridgehead atoms. The highest BCUT2D eigenvalue weighted by Crippen LogP contribution is 2.23. The van der Waals surface area contributed by atoms with E-state index < -0.39 is 0 Å². The highest BCUT2D eigenvalue weighted by atomic mass is 127. The number of methoxy groups -OCH3 is 1. The highest BCUT2D eigenvalue weighted by Gasteiger charge is 2.19. The Hall–Kier alpha value is -2.36. The molecular weight excluding hydrogens is 445 g/mol. The molecule has 1 amide bonds. The van der Waals surface area contributed by atoms with Crippen molar-refractivity contribution in [3.63, 3.8) is 0 Å². The second kappa shape index (κ2) is 7.48. The zero-order valence-electron chi connectivity index (χ0n) is 15.1. The molecule has 1 N–H and O–H groups in total. The first-order valence-corrected chi connectivity index (χ1v) is 9.14. The molecule has 0 saturated carbocycles. The zero-order valence-corrected chi connectivity index (χ0v) is 17.2. The smallest absolute Gasteiger partial charge is 0.275 e. The van der Waals surface area contributed by atoms with Crippen molar-refractivity contribution >= 4 is 34.2 Å². The van der Waals surface area contributed by atoms with Gasteiger partial charge in [0.1, 0.15) is 11.4 Å². The maximum atomic E-state index is 12.6. The van der Waals surface area contributed by atoms with E-state index in [2.05, 4.69) is 38.1 Å². The molecular formula is C18H20IN5O2. The summed E-state index contributed by atoms with van der Waals surface area (Å²) in [5, 5.41) is 11.7. The first kappa shape index (κ1) is 18.4. The molecule has 26 heavy (non-hydrogen) atoms. The molecule has 8 heteroatoms. The number of nitrogens with one attached hydrogen (secondary N) is 1. The molecule has 1 aromatic carbocycles. The molecule has 7 nitrogen and oxygen atoms in total. The molecule has 0 aliphatic rings. The summed E-state index contributed by atoms with van der Waals surface area (Å²) in [6.45, 7) is 4.44. The van der Waals surface area contributed by atoms with E-state index in [-0.39, 0.29) is 5.91 Å². The summed E-state index contributed by atoms with van der Waals surface area (Å²) in [5.41, 5.74) is 4.01. The number of benzene rings is 1. The molecule has 136 valence electrons. The van der Waals surface area contributed by atoms with Crippen molar-refractivity contribution in [3.05, 3.63) is 56.7 Å². The van der Waals surface area contributed by atoms with Crippen LogP contribution in [0.4, 0.5) is 5.69 Å². The van der Waals surface area contributed by atoms with E-state index in [0.717, 1.165) is 32.0 Å². The van der Waals surface area contributed by atoms with Gasteiger partial charge in [0.05, 0.1) is 40.5 Å². The predicted molar refractivity (Wildman–Crippen MR) is 108 cm³/mol. The van der Waals surface area contributed by atoms with Crippen molar-refractivity contribution in [2.45, 2.75) is 20.4 Å². The van der Waals surface area contributed by atoms with Gasteiger partial charge in [-0.05, 0) is 54.1 Å². The Bertz CT molecular complexity index is 941. The lowest BCUT2D eigenvalue weighted by molar-refractivity contribution is 0.101. The number of carbonyl (C=O) groups excluding carboxylic acids is 1. The molecule has 0 fully saturated rings. The minimum absolute atomic E-state index is 0.193. The van der Waals surface area contributed by atoms with E-state index in [0.29, 0.717) is 12.2 Å². The predicted octanol–water partition coefficient (Wildman–Crippen LogP) is 3.15. The van der Waals surface area contributed by atoms with Gasteiger partial charge in [-0.15, -0.1) is 0 Å². The number of amides is 1. The molecule has 0 spiro atoms. The Labute approximate surface area is 165 Å². The van der Waals surface area contributed by atoms with Crippen LogP contribution >= 0.6 is 22.6 Å². The molecule has 0 radical (unpaired) electrons.